The number of hydrogen-bond acceptors (Lipinski definition) is 6. The molecule has 0 aliphatic heterocycles. The fourth-order valence-electron chi connectivity index (χ4n) is 1.15. The number of nitrogens with one attached hydrogen (secondary N) is 2. The molecular weight excluding hydrogens is 204 g/mol. The lowest BCUT2D eigenvalue weighted by molar-refractivity contribution is -0.132. The van der Waals surface area contributed by atoms with E-state index >= 15 is 0 Å². The van der Waals surface area contributed by atoms with Crippen LogP contribution in [-0.4, -0.2) is 71.4 Å². The van der Waals surface area contributed by atoms with Gasteiger partial charge < -0.3 is 31.1 Å². The summed E-state index contributed by atoms with van der Waals surface area (Å²) in [6, 6.07) is -1.05. The Hall–Kier alpha value is -0.730. The Balaban J connectivity index is 4.50. The minimum absolute atomic E-state index is 0.519. The average Bonchev–Trinajstić information content (AvgIpc) is 2.27. The van der Waals surface area contributed by atoms with Gasteiger partial charge >= 0.3 is 0 Å². The van der Waals surface area contributed by atoms with E-state index in [9.17, 15) is 15.0 Å². The van der Waals surface area contributed by atoms with E-state index in [4.69, 9.17) is 10.2 Å². The predicted octanol–water partition coefficient (Wildman–Crippen LogP) is -3.60. The number of rotatable bonds is 6. The van der Waals surface area contributed by atoms with Crippen LogP contribution in [0.25, 0.3) is 0 Å². The molecule has 0 aromatic heterocycles. The topological polar surface area (TPSA) is 122 Å². The van der Waals surface area contributed by atoms with Crippen molar-refractivity contribution in [1.29, 1.82) is 0 Å². The van der Waals surface area contributed by atoms with Gasteiger partial charge in [0.25, 0.3) is 0 Å². The van der Waals surface area contributed by atoms with Gasteiger partial charge in [0.05, 0.1) is 6.61 Å². The van der Waals surface area contributed by atoms with Gasteiger partial charge in [0.1, 0.15) is 24.4 Å². The number of carbonyl (C=O) groups excluding carboxylic acids is 1. The Kier molecular flexibility index (Phi) is 6.37. The SMILES string of the molecule is CNC(=O)[C@@H](NC)[C@@H](O)[C@H](O)[C@H](O)CO. The highest BCUT2D eigenvalue weighted by Gasteiger charge is 2.33. The summed E-state index contributed by atoms with van der Waals surface area (Å²) >= 11 is 0. The van der Waals surface area contributed by atoms with Crippen molar-refractivity contribution in [2.45, 2.75) is 24.4 Å². The summed E-state index contributed by atoms with van der Waals surface area (Å²) in [6.07, 6.45) is -4.58. The molecule has 0 aromatic rings. The molecule has 0 unspecified atom stereocenters. The average molecular weight is 222 g/mol. The summed E-state index contributed by atoms with van der Waals surface area (Å²) in [5.74, 6) is -0.519. The second-order valence-electron chi connectivity index (χ2n) is 3.11. The van der Waals surface area contributed by atoms with Gasteiger partial charge in [0.2, 0.25) is 5.91 Å². The molecule has 7 heteroatoms. The van der Waals surface area contributed by atoms with E-state index in [1.54, 1.807) is 0 Å². The first kappa shape index (κ1) is 14.3. The van der Waals surface area contributed by atoms with Crippen LogP contribution in [0.4, 0.5) is 0 Å². The smallest absolute Gasteiger partial charge is 0.239 e. The molecule has 0 radical (unpaired) electrons. The van der Waals surface area contributed by atoms with Gasteiger partial charge in [-0.1, -0.05) is 0 Å². The third-order valence-electron chi connectivity index (χ3n) is 2.11. The molecule has 0 fully saturated rings. The van der Waals surface area contributed by atoms with Gasteiger partial charge in [-0.15, -0.1) is 0 Å². The zero-order valence-corrected chi connectivity index (χ0v) is 8.71. The number of likely N-dealkylation sites (N-methyl/N-ethyl adjacent to an activating group) is 2. The van der Waals surface area contributed by atoms with Crippen LogP contribution in [0.5, 0.6) is 0 Å². The molecule has 0 rings (SSSR count). The highest BCUT2D eigenvalue weighted by Crippen LogP contribution is 2.04. The van der Waals surface area contributed by atoms with Gasteiger partial charge in [-0.25, -0.2) is 0 Å². The molecule has 1 amide bonds. The van der Waals surface area contributed by atoms with Crippen molar-refractivity contribution >= 4 is 5.91 Å². The molecule has 15 heavy (non-hydrogen) atoms. The van der Waals surface area contributed by atoms with Crippen molar-refractivity contribution in [2.75, 3.05) is 20.7 Å². The van der Waals surface area contributed by atoms with Crippen LogP contribution in [0.15, 0.2) is 0 Å². The molecule has 0 spiro atoms. The van der Waals surface area contributed by atoms with Crippen LogP contribution in [0.2, 0.25) is 0 Å². The molecule has 0 saturated carbocycles. The standard InChI is InChI=1S/C8H18N2O5/c1-9-5(8(15)10-2)7(14)6(13)4(12)3-11/h4-7,9,11-14H,3H2,1-2H3,(H,10,15)/t4-,5+,6-,7-/m1/s1. The summed E-state index contributed by atoms with van der Waals surface area (Å²) in [5.41, 5.74) is 0. The van der Waals surface area contributed by atoms with E-state index in [0.29, 0.717) is 0 Å². The molecule has 7 nitrogen and oxygen atoms in total. The minimum Gasteiger partial charge on any atom is -0.394 e. The molecule has 6 N–H and O–H groups in total. The number of hydrogen-bond donors (Lipinski definition) is 6. The number of aliphatic hydroxyl groups is 4. The maximum Gasteiger partial charge on any atom is 0.239 e. The molecule has 0 saturated heterocycles. The van der Waals surface area contributed by atoms with Gasteiger partial charge in [0, 0.05) is 7.05 Å². The first-order valence-corrected chi connectivity index (χ1v) is 4.53. The fourth-order valence-corrected chi connectivity index (χ4v) is 1.15. The molecule has 0 bridgehead atoms. The van der Waals surface area contributed by atoms with Crippen molar-refractivity contribution in [3.8, 4) is 0 Å². The zero-order valence-electron chi connectivity index (χ0n) is 8.71. The lowest BCUT2D eigenvalue weighted by atomic mass is 10.0. The minimum atomic E-state index is -1.59. The Morgan fingerprint density at radius 2 is 1.73 bits per heavy atom. The predicted molar refractivity (Wildman–Crippen MR) is 52.0 cm³/mol. The van der Waals surface area contributed by atoms with Gasteiger partial charge in [0.15, 0.2) is 0 Å². The summed E-state index contributed by atoms with van der Waals surface area (Å²) < 4.78 is 0. The van der Waals surface area contributed by atoms with Crippen molar-refractivity contribution in [2.24, 2.45) is 0 Å². The van der Waals surface area contributed by atoms with Crippen LogP contribution in [0, 0.1) is 0 Å². The Morgan fingerprint density at radius 1 is 1.20 bits per heavy atom. The van der Waals surface area contributed by atoms with Crippen molar-refractivity contribution in [3.05, 3.63) is 0 Å². The van der Waals surface area contributed by atoms with Gasteiger partial charge in [-0.3, -0.25) is 4.79 Å². The Morgan fingerprint density at radius 3 is 2.07 bits per heavy atom. The first-order chi connectivity index (χ1) is 6.99. The largest absolute Gasteiger partial charge is 0.394 e. The quantitative estimate of drug-likeness (QED) is 0.276. The summed E-state index contributed by atoms with van der Waals surface area (Å²) in [7, 11) is 2.81. The number of aliphatic hydroxyl groups excluding tert-OH is 4. The van der Waals surface area contributed by atoms with Crippen LogP contribution >= 0.6 is 0 Å². The molecule has 0 heterocycles. The van der Waals surface area contributed by atoms with E-state index in [0.717, 1.165) is 0 Å². The van der Waals surface area contributed by atoms with E-state index in [1.165, 1.54) is 14.1 Å². The lowest BCUT2D eigenvalue weighted by Gasteiger charge is -2.27. The Bertz CT molecular complexity index is 201. The fraction of sp³-hybridized carbons (Fsp3) is 0.875. The molecule has 0 aliphatic carbocycles. The van der Waals surface area contributed by atoms with Crippen LogP contribution in [-0.2, 0) is 4.79 Å². The third kappa shape index (κ3) is 3.73. The Labute approximate surface area is 87.7 Å². The second-order valence-corrected chi connectivity index (χ2v) is 3.11. The van der Waals surface area contributed by atoms with E-state index in [1.807, 2.05) is 0 Å². The molecule has 4 atom stereocenters. The molecule has 90 valence electrons. The normalized spacial score (nSPS) is 19.1. The van der Waals surface area contributed by atoms with Crippen molar-refractivity contribution in [3.63, 3.8) is 0 Å². The first-order valence-electron chi connectivity index (χ1n) is 4.53. The van der Waals surface area contributed by atoms with Crippen LogP contribution < -0.4 is 10.6 Å². The highest BCUT2D eigenvalue weighted by molar-refractivity contribution is 5.82. The van der Waals surface area contributed by atoms with Crippen LogP contribution in [0.3, 0.4) is 0 Å². The summed E-state index contributed by atoms with van der Waals surface area (Å²) in [4.78, 5) is 11.2. The van der Waals surface area contributed by atoms with E-state index in [-0.39, 0.29) is 0 Å². The number of carbonyl (C=O) groups is 1. The molecule has 0 aromatic carbocycles. The van der Waals surface area contributed by atoms with Crippen LogP contribution in [0.1, 0.15) is 0 Å². The van der Waals surface area contributed by atoms with Gasteiger partial charge in [-0.05, 0) is 7.05 Å². The van der Waals surface area contributed by atoms with Crippen molar-refractivity contribution < 1.29 is 25.2 Å². The zero-order chi connectivity index (χ0) is 12.0. The monoisotopic (exact) mass is 222 g/mol. The molecule has 0 aliphatic rings. The number of amides is 1. The maximum absolute atomic E-state index is 11.2. The lowest BCUT2D eigenvalue weighted by Crippen LogP contribution is -2.56. The van der Waals surface area contributed by atoms with Crippen molar-refractivity contribution in [1.82, 2.24) is 10.6 Å². The summed E-state index contributed by atoms with van der Waals surface area (Å²) in [5, 5.41) is 41.3. The van der Waals surface area contributed by atoms with Gasteiger partial charge in [-0.2, -0.15) is 0 Å². The summed E-state index contributed by atoms with van der Waals surface area (Å²) in [6.45, 7) is -0.692. The highest BCUT2D eigenvalue weighted by atomic mass is 16.4. The maximum atomic E-state index is 11.2. The second kappa shape index (κ2) is 6.70. The third-order valence-corrected chi connectivity index (χ3v) is 2.11. The van der Waals surface area contributed by atoms with E-state index < -0.39 is 36.9 Å². The van der Waals surface area contributed by atoms with E-state index in [2.05, 4.69) is 10.6 Å². The molecular formula is C8H18N2O5.